The van der Waals surface area contributed by atoms with Crippen LogP contribution in [0.2, 0.25) is 0 Å². The number of para-hydroxylation sites is 1. The van der Waals surface area contributed by atoms with Crippen molar-refractivity contribution in [3.8, 4) is 11.5 Å². The molecule has 0 heterocycles. The van der Waals surface area contributed by atoms with Crippen molar-refractivity contribution in [1.29, 1.82) is 0 Å². The summed E-state index contributed by atoms with van der Waals surface area (Å²) in [5.41, 5.74) is 1.49. The molecule has 6 nitrogen and oxygen atoms in total. The zero-order valence-corrected chi connectivity index (χ0v) is 21.9. The highest BCUT2D eigenvalue weighted by Gasteiger charge is 2.27. The number of rotatable bonds is 10. The number of methoxy groups -OCH3 is 2. The highest BCUT2D eigenvalue weighted by atomic mass is 79.9. The van der Waals surface area contributed by atoms with Crippen molar-refractivity contribution < 1.29 is 23.8 Å². The molecule has 0 aliphatic carbocycles. The number of esters is 1. The van der Waals surface area contributed by atoms with Gasteiger partial charge in [-0.05, 0) is 57.0 Å². The smallest absolute Gasteiger partial charge is 0.331 e. The van der Waals surface area contributed by atoms with Gasteiger partial charge in [0.15, 0.2) is 0 Å². The second-order valence-corrected chi connectivity index (χ2v) is 9.63. The Morgan fingerprint density at radius 1 is 1.09 bits per heavy atom. The Morgan fingerprint density at radius 3 is 2.32 bits per heavy atom. The predicted molar refractivity (Wildman–Crippen MR) is 140 cm³/mol. The van der Waals surface area contributed by atoms with Gasteiger partial charge in [-0.1, -0.05) is 46.3 Å². The molecular formula is C27H32BrNO5. The summed E-state index contributed by atoms with van der Waals surface area (Å²) in [4.78, 5) is 27.0. The van der Waals surface area contributed by atoms with Gasteiger partial charge >= 0.3 is 5.97 Å². The molecule has 182 valence electrons. The molecule has 0 fully saturated rings. The third-order valence-electron chi connectivity index (χ3n) is 4.73. The molecule has 0 bridgehead atoms. The maximum atomic E-state index is 13.5. The highest BCUT2D eigenvalue weighted by Crippen LogP contribution is 2.36. The average molecular weight is 530 g/mol. The number of hydrogen-bond acceptors (Lipinski definition) is 5. The number of allylic oxidation sites excluding steroid dienone is 1. The standard InChI is InChI=1S/C27H32BrNO5/c1-7-9-22(28)26(31)29(18-19-12-15-21(32-5)16-13-19)25-20(10-8-11-23(25)33-6)14-17-24(30)34-27(2,3)4/h7-8,10-17,22H,1,9,18H2,2-6H3/b17-14+. The number of amides is 1. The molecule has 34 heavy (non-hydrogen) atoms. The van der Waals surface area contributed by atoms with Crippen molar-refractivity contribution in [2.75, 3.05) is 19.1 Å². The van der Waals surface area contributed by atoms with Crippen LogP contribution in [0.25, 0.3) is 6.08 Å². The number of halogens is 1. The maximum absolute atomic E-state index is 13.5. The van der Waals surface area contributed by atoms with E-state index in [2.05, 4.69) is 22.5 Å². The van der Waals surface area contributed by atoms with Crippen LogP contribution in [0.5, 0.6) is 11.5 Å². The first kappa shape index (κ1) is 27.2. The summed E-state index contributed by atoms with van der Waals surface area (Å²) in [5, 5.41) is 0. The number of hydrogen-bond donors (Lipinski definition) is 0. The molecule has 7 heteroatoms. The van der Waals surface area contributed by atoms with E-state index < -0.39 is 16.4 Å². The normalized spacial score (nSPS) is 12.2. The predicted octanol–water partition coefficient (Wildman–Crippen LogP) is 5.93. The molecule has 2 rings (SSSR count). The van der Waals surface area contributed by atoms with E-state index in [1.54, 1.807) is 58.1 Å². The minimum atomic E-state index is -0.608. The average Bonchev–Trinajstić information content (AvgIpc) is 2.80. The van der Waals surface area contributed by atoms with Gasteiger partial charge in [-0.2, -0.15) is 0 Å². The van der Waals surface area contributed by atoms with Crippen molar-refractivity contribution >= 4 is 39.6 Å². The van der Waals surface area contributed by atoms with Crippen LogP contribution in [-0.4, -0.2) is 36.5 Å². The van der Waals surface area contributed by atoms with Gasteiger partial charge < -0.3 is 19.1 Å². The molecule has 2 aromatic rings. The Labute approximate surface area is 210 Å². The number of anilines is 1. The van der Waals surface area contributed by atoms with Crippen molar-refractivity contribution in [3.05, 3.63) is 72.3 Å². The fraction of sp³-hybridized carbons (Fsp3) is 0.333. The lowest BCUT2D eigenvalue weighted by Crippen LogP contribution is -2.37. The molecule has 2 aromatic carbocycles. The van der Waals surface area contributed by atoms with E-state index in [0.717, 1.165) is 11.3 Å². The molecule has 0 aliphatic heterocycles. The lowest BCUT2D eigenvalue weighted by Gasteiger charge is -2.28. The van der Waals surface area contributed by atoms with Crippen LogP contribution in [0.4, 0.5) is 5.69 Å². The fourth-order valence-corrected chi connectivity index (χ4v) is 3.73. The summed E-state index contributed by atoms with van der Waals surface area (Å²) >= 11 is 3.49. The molecule has 0 saturated heterocycles. The third kappa shape index (κ3) is 7.76. The molecule has 0 aliphatic rings. The van der Waals surface area contributed by atoms with Gasteiger partial charge in [-0.15, -0.1) is 6.58 Å². The number of ether oxygens (including phenoxy) is 3. The number of benzene rings is 2. The molecule has 1 amide bonds. The quantitative estimate of drug-likeness (QED) is 0.165. The number of nitrogens with zero attached hydrogens (tertiary/aromatic N) is 1. The van der Waals surface area contributed by atoms with Gasteiger partial charge in [0.1, 0.15) is 17.1 Å². The summed E-state index contributed by atoms with van der Waals surface area (Å²) in [5.74, 6) is 0.600. The van der Waals surface area contributed by atoms with E-state index in [1.165, 1.54) is 6.08 Å². The first-order valence-corrected chi connectivity index (χ1v) is 11.8. The van der Waals surface area contributed by atoms with E-state index in [1.807, 2.05) is 36.4 Å². The topological polar surface area (TPSA) is 65.1 Å². The zero-order valence-electron chi connectivity index (χ0n) is 20.3. The van der Waals surface area contributed by atoms with Crippen molar-refractivity contribution in [2.24, 2.45) is 0 Å². The van der Waals surface area contributed by atoms with E-state index >= 15 is 0 Å². The third-order valence-corrected chi connectivity index (χ3v) is 5.50. The molecule has 1 unspecified atom stereocenters. The molecule has 0 spiro atoms. The molecule has 0 aromatic heterocycles. The van der Waals surface area contributed by atoms with Gasteiger partial charge in [0.2, 0.25) is 5.91 Å². The van der Waals surface area contributed by atoms with E-state index in [9.17, 15) is 9.59 Å². The Kier molecular flexibility index (Phi) is 9.93. The van der Waals surface area contributed by atoms with Gasteiger partial charge in [-0.25, -0.2) is 4.79 Å². The zero-order chi connectivity index (χ0) is 25.3. The van der Waals surface area contributed by atoms with E-state index in [0.29, 0.717) is 23.4 Å². The van der Waals surface area contributed by atoms with Gasteiger partial charge in [0.05, 0.1) is 31.3 Å². The van der Waals surface area contributed by atoms with Crippen LogP contribution >= 0.6 is 15.9 Å². The molecular weight excluding hydrogens is 498 g/mol. The van der Waals surface area contributed by atoms with Gasteiger partial charge in [-0.3, -0.25) is 4.79 Å². The van der Waals surface area contributed by atoms with E-state index in [4.69, 9.17) is 14.2 Å². The first-order chi connectivity index (χ1) is 16.1. The van der Waals surface area contributed by atoms with Crippen LogP contribution in [0.1, 0.15) is 38.3 Å². The van der Waals surface area contributed by atoms with Crippen LogP contribution in [-0.2, 0) is 20.9 Å². The first-order valence-electron chi connectivity index (χ1n) is 10.9. The largest absolute Gasteiger partial charge is 0.497 e. The summed E-state index contributed by atoms with van der Waals surface area (Å²) in [6, 6.07) is 12.9. The second-order valence-electron chi connectivity index (χ2n) is 8.53. The summed E-state index contributed by atoms with van der Waals surface area (Å²) < 4.78 is 16.3. The minimum Gasteiger partial charge on any atom is -0.497 e. The Morgan fingerprint density at radius 2 is 1.76 bits per heavy atom. The second kappa shape index (κ2) is 12.4. The van der Waals surface area contributed by atoms with Crippen molar-refractivity contribution in [3.63, 3.8) is 0 Å². The van der Waals surface area contributed by atoms with E-state index in [-0.39, 0.29) is 12.5 Å². The molecule has 0 saturated carbocycles. The lowest BCUT2D eigenvalue weighted by molar-refractivity contribution is -0.148. The Bertz CT molecular complexity index is 1020. The minimum absolute atomic E-state index is 0.160. The lowest BCUT2D eigenvalue weighted by atomic mass is 10.1. The maximum Gasteiger partial charge on any atom is 0.331 e. The van der Waals surface area contributed by atoms with Crippen LogP contribution in [0, 0.1) is 0 Å². The van der Waals surface area contributed by atoms with Crippen molar-refractivity contribution in [2.45, 2.75) is 44.2 Å². The highest BCUT2D eigenvalue weighted by molar-refractivity contribution is 9.10. The summed E-state index contributed by atoms with van der Waals surface area (Å²) in [6.07, 6.45) is 5.14. The van der Waals surface area contributed by atoms with Gasteiger partial charge in [0.25, 0.3) is 0 Å². The Hall–Kier alpha value is -3.06. The van der Waals surface area contributed by atoms with Crippen LogP contribution in [0.15, 0.2) is 61.2 Å². The monoisotopic (exact) mass is 529 g/mol. The molecule has 1 atom stereocenters. The molecule has 0 N–H and O–H groups in total. The summed E-state index contributed by atoms with van der Waals surface area (Å²) in [7, 11) is 3.15. The SMILES string of the molecule is C=CCC(Br)C(=O)N(Cc1ccc(OC)cc1)c1c(/C=C/C(=O)OC(C)(C)C)cccc1OC. The number of alkyl halides is 1. The van der Waals surface area contributed by atoms with Crippen LogP contribution in [0.3, 0.4) is 0 Å². The fourth-order valence-electron chi connectivity index (χ4n) is 3.22. The number of carbonyl (C=O) groups is 2. The van der Waals surface area contributed by atoms with Crippen molar-refractivity contribution in [1.82, 2.24) is 0 Å². The summed E-state index contributed by atoms with van der Waals surface area (Å²) in [6.45, 7) is 9.45. The molecule has 0 radical (unpaired) electrons. The number of carbonyl (C=O) groups excluding carboxylic acids is 2. The Balaban J connectivity index is 2.55. The van der Waals surface area contributed by atoms with Gasteiger partial charge in [0, 0.05) is 11.6 Å². The van der Waals surface area contributed by atoms with Crippen LogP contribution < -0.4 is 14.4 Å².